The molecular weight excluding hydrogens is 361 g/mol. The van der Waals surface area contributed by atoms with E-state index in [1.165, 1.54) is 9.71 Å². The van der Waals surface area contributed by atoms with E-state index in [9.17, 15) is 8.42 Å². The van der Waals surface area contributed by atoms with Gasteiger partial charge in [-0.15, -0.1) is 0 Å². The van der Waals surface area contributed by atoms with Gasteiger partial charge in [-0.05, 0) is 37.6 Å². The van der Waals surface area contributed by atoms with Crippen LogP contribution >= 0.6 is 22.6 Å². The zero-order valence-corrected chi connectivity index (χ0v) is 13.2. The fourth-order valence-corrected chi connectivity index (χ4v) is 4.15. The first-order chi connectivity index (χ1) is 8.44. The van der Waals surface area contributed by atoms with Crippen molar-refractivity contribution in [3.05, 3.63) is 52.6 Å². The number of allylic oxidation sites excluding steroid dienone is 3. The Kier molecular flexibility index (Phi) is 3.82. The van der Waals surface area contributed by atoms with Crippen molar-refractivity contribution in [3.63, 3.8) is 0 Å². The third-order valence-corrected chi connectivity index (χ3v) is 5.18. The summed E-state index contributed by atoms with van der Waals surface area (Å²) in [6.07, 6.45) is 1.91. The molecule has 18 heavy (non-hydrogen) atoms. The Morgan fingerprint density at radius 3 is 2.28 bits per heavy atom. The smallest absolute Gasteiger partial charge is 0.239 e. The molecule has 0 amide bonds. The van der Waals surface area contributed by atoms with Gasteiger partial charge in [0.25, 0.3) is 10.0 Å². The number of hydrogen-bond donors (Lipinski definition) is 0. The molecule has 0 radical (unpaired) electrons. The molecule has 1 aliphatic heterocycles. The lowest BCUT2D eigenvalue weighted by atomic mass is 10.2. The second-order valence-electron chi connectivity index (χ2n) is 4.26. The molecule has 0 spiro atoms. The Hall–Kier alpha value is -0.820. The largest absolute Gasteiger partial charge is 0.261 e. The molecule has 0 aromatic heterocycles. The lowest BCUT2D eigenvalue weighted by Gasteiger charge is -2.27. The predicted molar refractivity (Wildman–Crippen MR) is 83.3 cm³/mol. The van der Waals surface area contributed by atoms with Crippen LogP contribution in [0.5, 0.6) is 0 Å². The minimum Gasteiger partial charge on any atom is -0.239 e. The zero-order chi connectivity index (χ0) is 13.3. The van der Waals surface area contributed by atoms with Crippen LogP contribution in [0.2, 0.25) is 0 Å². The SMILES string of the molecule is CC1=CC(CI)=CS(=O)(=O)N1c1ccc(C)cc1. The summed E-state index contributed by atoms with van der Waals surface area (Å²) in [6.45, 7) is 3.79. The number of benzene rings is 1. The van der Waals surface area contributed by atoms with Crippen LogP contribution in [-0.4, -0.2) is 12.8 Å². The Morgan fingerprint density at radius 1 is 1.17 bits per heavy atom. The highest BCUT2D eigenvalue weighted by Gasteiger charge is 2.25. The first kappa shape index (κ1) is 13.6. The molecule has 0 atom stereocenters. The molecule has 0 saturated carbocycles. The first-order valence-electron chi connectivity index (χ1n) is 5.51. The van der Waals surface area contributed by atoms with Gasteiger partial charge in [0.2, 0.25) is 0 Å². The highest BCUT2D eigenvalue weighted by atomic mass is 127. The molecular formula is C13H14INO2S. The van der Waals surface area contributed by atoms with Crippen molar-refractivity contribution < 1.29 is 8.42 Å². The van der Waals surface area contributed by atoms with Crippen molar-refractivity contribution in [3.8, 4) is 0 Å². The molecule has 96 valence electrons. The summed E-state index contributed by atoms with van der Waals surface area (Å²) < 4.78 is 26.6. The topological polar surface area (TPSA) is 37.4 Å². The number of halogens is 1. The number of nitrogens with zero attached hydrogens (tertiary/aromatic N) is 1. The third-order valence-electron chi connectivity index (χ3n) is 2.69. The van der Waals surface area contributed by atoms with Crippen molar-refractivity contribution in [2.45, 2.75) is 13.8 Å². The van der Waals surface area contributed by atoms with Crippen molar-refractivity contribution in [2.75, 3.05) is 8.73 Å². The van der Waals surface area contributed by atoms with Crippen LogP contribution in [0, 0.1) is 6.92 Å². The molecule has 1 aliphatic rings. The summed E-state index contributed by atoms with van der Waals surface area (Å²) in [5.74, 6) is 0. The van der Waals surface area contributed by atoms with Gasteiger partial charge < -0.3 is 0 Å². The quantitative estimate of drug-likeness (QED) is 0.587. The standard InChI is InChI=1S/C13H14INO2S/c1-10-3-5-13(6-4-10)15-11(2)7-12(8-14)9-18(15,16)17/h3-7,9H,8H2,1-2H3. The van der Waals surface area contributed by atoms with Gasteiger partial charge in [-0.25, -0.2) is 12.7 Å². The van der Waals surface area contributed by atoms with Crippen molar-refractivity contribution in [1.82, 2.24) is 0 Å². The molecule has 1 aromatic rings. The van der Waals surface area contributed by atoms with E-state index in [1.807, 2.05) is 44.2 Å². The summed E-state index contributed by atoms with van der Waals surface area (Å²) in [5, 5.41) is 1.34. The van der Waals surface area contributed by atoms with E-state index >= 15 is 0 Å². The minimum atomic E-state index is -3.40. The van der Waals surface area contributed by atoms with Crippen LogP contribution < -0.4 is 4.31 Å². The van der Waals surface area contributed by atoms with Crippen LogP contribution in [0.25, 0.3) is 0 Å². The summed E-state index contributed by atoms with van der Waals surface area (Å²) >= 11 is 2.16. The Balaban J connectivity index is 2.50. The first-order valence-corrected chi connectivity index (χ1v) is 8.54. The summed E-state index contributed by atoms with van der Waals surface area (Å²) in [7, 11) is -3.40. The van der Waals surface area contributed by atoms with Crippen molar-refractivity contribution in [2.24, 2.45) is 0 Å². The number of hydrogen-bond acceptors (Lipinski definition) is 2. The van der Waals surface area contributed by atoms with Crippen molar-refractivity contribution >= 4 is 38.3 Å². The molecule has 0 N–H and O–H groups in total. The second kappa shape index (κ2) is 5.05. The van der Waals surface area contributed by atoms with Crippen LogP contribution in [0.15, 0.2) is 47.0 Å². The van der Waals surface area contributed by atoms with E-state index in [2.05, 4.69) is 22.6 Å². The molecule has 1 aromatic carbocycles. The highest BCUT2D eigenvalue weighted by molar-refractivity contribution is 14.1. The molecule has 0 bridgehead atoms. The molecule has 0 aliphatic carbocycles. The maximum atomic E-state index is 12.3. The van der Waals surface area contributed by atoms with Gasteiger partial charge in [0.1, 0.15) is 0 Å². The Labute approximate surface area is 121 Å². The molecule has 0 fully saturated rings. The zero-order valence-electron chi connectivity index (χ0n) is 10.2. The van der Waals surface area contributed by atoms with Gasteiger partial charge in [-0.1, -0.05) is 40.3 Å². The van der Waals surface area contributed by atoms with Gasteiger partial charge in [0.05, 0.1) is 11.1 Å². The molecule has 1 heterocycles. The lowest BCUT2D eigenvalue weighted by molar-refractivity contribution is 0.602. The maximum Gasteiger partial charge on any atom is 0.261 e. The van der Waals surface area contributed by atoms with Crippen LogP contribution in [-0.2, 0) is 10.0 Å². The van der Waals surface area contributed by atoms with Crippen LogP contribution in [0.4, 0.5) is 5.69 Å². The number of anilines is 1. The van der Waals surface area contributed by atoms with Crippen LogP contribution in [0.1, 0.15) is 12.5 Å². The minimum absolute atomic E-state index is 0.679. The highest BCUT2D eigenvalue weighted by Crippen LogP contribution is 2.29. The average molecular weight is 375 g/mol. The Bertz CT molecular complexity index is 615. The van der Waals surface area contributed by atoms with Gasteiger partial charge in [0, 0.05) is 10.1 Å². The van der Waals surface area contributed by atoms with E-state index in [-0.39, 0.29) is 0 Å². The predicted octanol–water partition coefficient (Wildman–Crippen LogP) is 3.37. The molecule has 0 saturated heterocycles. The molecule has 5 heteroatoms. The summed E-state index contributed by atoms with van der Waals surface area (Å²) in [4.78, 5) is 0. The lowest BCUT2D eigenvalue weighted by Crippen LogP contribution is -2.30. The third kappa shape index (κ3) is 2.61. The number of alkyl halides is 1. The second-order valence-corrected chi connectivity index (χ2v) is 6.65. The van der Waals surface area contributed by atoms with Crippen molar-refractivity contribution in [1.29, 1.82) is 0 Å². The molecule has 0 unspecified atom stereocenters. The monoisotopic (exact) mass is 375 g/mol. The summed E-state index contributed by atoms with van der Waals surface area (Å²) in [5.41, 5.74) is 3.35. The van der Waals surface area contributed by atoms with E-state index in [1.54, 1.807) is 0 Å². The van der Waals surface area contributed by atoms with Gasteiger partial charge >= 0.3 is 0 Å². The number of rotatable bonds is 2. The van der Waals surface area contributed by atoms with Gasteiger partial charge in [-0.3, -0.25) is 0 Å². The van der Waals surface area contributed by atoms with Gasteiger partial charge in [0.15, 0.2) is 0 Å². The van der Waals surface area contributed by atoms with Crippen LogP contribution in [0.3, 0.4) is 0 Å². The molecule has 2 rings (SSSR count). The normalized spacial score (nSPS) is 18.3. The van der Waals surface area contributed by atoms with E-state index in [0.717, 1.165) is 16.8 Å². The number of sulfonamides is 1. The van der Waals surface area contributed by atoms with E-state index < -0.39 is 10.0 Å². The molecule has 3 nitrogen and oxygen atoms in total. The van der Waals surface area contributed by atoms with E-state index in [4.69, 9.17) is 0 Å². The maximum absolute atomic E-state index is 12.3. The number of aryl methyl sites for hydroxylation is 1. The Morgan fingerprint density at radius 2 is 1.78 bits per heavy atom. The fraction of sp³-hybridized carbons (Fsp3) is 0.231. The summed E-state index contributed by atoms with van der Waals surface area (Å²) in [6, 6.07) is 7.48. The van der Waals surface area contributed by atoms with E-state index in [0.29, 0.717) is 10.1 Å². The average Bonchev–Trinajstić information content (AvgIpc) is 2.29. The fourth-order valence-electron chi connectivity index (χ4n) is 1.91. The van der Waals surface area contributed by atoms with Gasteiger partial charge in [-0.2, -0.15) is 0 Å².